The number of benzene rings is 4. The van der Waals surface area contributed by atoms with E-state index in [4.69, 9.17) is 29.2 Å². The summed E-state index contributed by atoms with van der Waals surface area (Å²) < 4.78 is 23.2. The Kier molecular flexibility index (Phi) is 14.0. The first kappa shape index (κ1) is 36.6. The number of hydrogen-bond donors (Lipinski definition) is 8. The maximum atomic E-state index is 10.1. The molecule has 12 heteroatoms. The molecule has 0 aromatic heterocycles. The van der Waals surface area contributed by atoms with Gasteiger partial charge in [0.25, 0.3) is 0 Å². The van der Waals surface area contributed by atoms with E-state index in [2.05, 4.69) is 0 Å². The van der Waals surface area contributed by atoms with Crippen LogP contribution in [0.15, 0.2) is 84.9 Å². The van der Waals surface area contributed by atoms with Crippen LogP contribution in [-0.2, 0) is 0 Å². The Labute approximate surface area is 278 Å². The molecular weight excluding hydrogens is 624 g/mol. The van der Waals surface area contributed by atoms with Crippen molar-refractivity contribution in [3.05, 3.63) is 84.9 Å². The molecule has 12 nitrogen and oxygen atoms in total. The number of ether oxygens (including phenoxy) is 4. The average Bonchev–Trinajstić information content (AvgIpc) is 3.13. The highest BCUT2D eigenvalue weighted by Crippen LogP contribution is 2.41. The van der Waals surface area contributed by atoms with Crippen LogP contribution in [0.5, 0.6) is 23.0 Å². The third-order valence-electron chi connectivity index (χ3n) is 7.18. The Morgan fingerprint density at radius 3 is 1.08 bits per heavy atom. The van der Waals surface area contributed by atoms with Gasteiger partial charge in [0.15, 0.2) is 0 Å². The van der Waals surface area contributed by atoms with Crippen LogP contribution in [0.4, 0.5) is 0 Å². The lowest BCUT2D eigenvalue weighted by Crippen LogP contribution is -2.22. The number of aliphatic hydroxyl groups excluding tert-OH is 8. The second-order valence-corrected chi connectivity index (χ2v) is 11.1. The lowest BCUT2D eigenvalue weighted by Gasteiger charge is -2.20. The quantitative estimate of drug-likeness (QED) is 0.0721. The predicted molar refractivity (Wildman–Crippen MR) is 177 cm³/mol. The summed E-state index contributed by atoms with van der Waals surface area (Å²) in [7, 11) is 0. The minimum Gasteiger partial charge on any atom is -0.491 e. The van der Waals surface area contributed by atoms with E-state index >= 15 is 0 Å². The van der Waals surface area contributed by atoms with Gasteiger partial charge in [-0.3, -0.25) is 0 Å². The maximum absolute atomic E-state index is 10.1. The fourth-order valence-electron chi connectivity index (χ4n) is 4.59. The molecule has 48 heavy (non-hydrogen) atoms. The van der Waals surface area contributed by atoms with Crippen molar-refractivity contribution in [3.63, 3.8) is 0 Å². The monoisotopic (exact) mass is 666 g/mol. The molecule has 0 amide bonds. The van der Waals surface area contributed by atoms with E-state index in [1.807, 2.05) is 36.4 Å². The van der Waals surface area contributed by atoms with Gasteiger partial charge in [-0.05, 0) is 70.8 Å². The van der Waals surface area contributed by atoms with Gasteiger partial charge in [0.05, 0.1) is 26.4 Å². The highest BCUT2D eigenvalue weighted by molar-refractivity contribution is 5.82. The van der Waals surface area contributed by atoms with Crippen molar-refractivity contribution < 1.29 is 59.8 Å². The Hall–Kier alpha value is -4.24. The molecule has 0 fully saturated rings. The Balaban J connectivity index is 1.74. The number of aliphatic hydroxyl groups is 8. The first-order valence-electron chi connectivity index (χ1n) is 15.4. The third-order valence-corrected chi connectivity index (χ3v) is 7.18. The van der Waals surface area contributed by atoms with Crippen LogP contribution in [0.1, 0.15) is 0 Å². The normalized spacial score (nSPS) is 13.8. The van der Waals surface area contributed by atoms with E-state index < -0.39 is 50.8 Å². The molecule has 4 aromatic rings. The van der Waals surface area contributed by atoms with Crippen LogP contribution in [0.25, 0.3) is 33.4 Å². The van der Waals surface area contributed by atoms with Crippen molar-refractivity contribution in [2.24, 2.45) is 0 Å². The molecule has 258 valence electrons. The van der Waals surface area contributed by atoms with Gasteiger partial charge in [-0.15, -0.1) is 0 Å². The zero-order valence-electron chi connectivity index (χ0n) is 26.3. The second kappa shape index (κ2) is 18.3. The van der Waals surface area contributed by atoms with Crippen LogP contribution in [0, 0.1) is 0 Å². The molecule has 0 heterocycles. The molecule has 8 N–H and O–H groups in total. The van der Waals surface area contributed by atoms with Crippen molar-refractivity contribution >= 4 is 0 Å². The minimum absolute atomic E-state index is 0.0831. The fourth-order valence-corrected chi connectivity index (χ4v) is 4.59. The highest BCUT2D eigenvalue weighted by atomic mass is 16.5. The van der Waals surface area contributed by atoms with Gasteiger partial charge in [0, 0.05) is 11.1 Å². The van der Waals surface area contributed by atoms with Crippen LogP contribution in [0.2, 0.25) is 0 Å². The second-order valence-electron chi connectivity index (χ2n) is 11.1. The van der Waals surface area contributed by atoms with Crippen LogP contribution >= 0.6 is 0 Å². The third kappa shape index (κ3) is 10.4. The van der Waals surface area contributed by atoms with Crippen molar-refractivity contribution in [3.8, 4) is 56.4 Å². The molecular formula is C36H42O12. The summed E-state index contributed by atoms with van der Waals surface area (Å²) >= 11 is 0. The molecule has 0 spiro atoms. The smallest absolute Gasteiger partial charge is 0.128 e. The standard InChI is InChI=1S/C36H42O12/c37-15-27(41)19-45-31-5-1-3-23(11-31)25-7-9-33(35(13-25)47-21-29(43)17-39)34-10-8-26(14-36(34)48-22-30(44)18-40)24-4-2-6-32(12-24)46-20-28(42)16-38/h1-14,27-30,37-44H,15-22H2. The molecule has 0 saturated carbocycles. The van der Waals surface area contributed by atoms with E-state index in [-0.39, 0.29) is 26.4 Å². The van der Waals surface area contributed by atoms with Crippen LogP contribution in [0.3, 0.4) is 0 Å². The lowest BCUT2D eigenvalue weighted by atomic mass is 9.96. The molecule has 0 aliphatic rings. The van der Waals surface area contributed by atoms with Gasteiger partial charge >= 0.3 is 0 Å². The van der Waals surface area contributed by atoms with Crippen LogP contribution in [-0.4, -0.2) is 118 Å². The zero-order chi connectivity index (χ0) is 34.5. The van der Waals surface area contributed by atoms with Crippen LogP contribution < -0.4 is 18.9 Å². The van der Waals surface area contributed by atoms with Gasteiger partial charge in [0.2, 0.25) is 0 Å². The van der Waals surface area contributed by atoms with Gasteiger partial charge < -0.3 is 59.8 Å². The molecule has 0 saturated heterocycles. The molecule has 0 bridgehead atoms. The van der Waals surface area contributed by atoms with Crippen molar-refractivity contribution in [2.45, 2.75) is 24.4 Å². The Bertz CT molecular complexity index is 1460. The molecule has 0 radical (unpaired) electrons. The van der Waals surface area contributed by atoms with E-state index in [1.54, 1.807) is 48.5 Å². The molecule has 0 aliphatic carbocycles. The zero-order valence-corrected chi connectivity index (χ0v) is 26.3. The largest absolute Gasteiger partial charge is 0.491 e. The van der Waals surface area contributed by atoms with Gasteiger partial charge in [-0.25, -0.2) is 0 Å². The molecule has 0 aliphatic heterocycles. The first-order chi connectivity index (χ1) is 23.2. The molecule has 4 rings (SSSR count). The first-order valence-corrected chi connectivity index (χ1v) is 15.4. The number of hydrogen-bond acceptors (Lipinski definition) is 12. The fraction of sp³-hybridized carbons (Fsp3) is 0.333. The van der Waals surface area contributed by atoms with E-state index in [9.17, 15) is 30.6 Å². The maximum Gasteiger partial charge on any atom is 0.128 e. The highest BCUT2D eigenvalue weighted by Gasteiger charge is 2.18. The average molecular weight is 667 g/mol. The van der Waals surface area contributed by atoms with Crippen molar-refractivity contribution in [1.82, 2.24) is 0 Å². The summed E-state index contributed by atoms with van der Waals surface area (Å²) in [6, 6.07) is 25.1. The summed E-state index contributed by atoms with van der Waals surface area (Å²) in [5.41, 5.74) is 4.15. The van der Waals surface area contributed by atoms with E-state index in [1.165, 1.54) is 0 Å². The van der Waals surface area contributed by atoms with Crippen molar-refractivity contribution in [1.29, 1.82) is 0 Å². The van der Waals surface area contributed by atoms with Crippen molar-refractivity contribution in [2.75, 3.05) is 52.9 Å². The molecule has 4 aromatic carbocycles. The summed E-state index contributed by atoms with van der Waals surface area (Å²) in [5, 5.41) is 76.5. The molecule has 4 unspecified atom stereocenters. The SMILES string of the molecule is OCC(O)COc1cccc(-c2ccc(-c3ccc(-c4cccc(OCC(O)CO)c4)cc3OCC(O)CO)c(OCC(O)CO)c2)c1. The summed E-state index contributed by atoms with van der Waals surface area (Å²) in [6.45, 7) is -2.43. The van der Waals surface area contributed by atoms with Gasteiger partial charge in [0.1, 0.15) is 73.8 Å². The summed E-state index contributed by atoms with van der Waals surface area (Å²) in [4.78, 5) is 0. The van der Waals surface area contributed by atoms with Gasteiger partial charge in [-0.1, -0.05) is 36.4 Å². The Morgan fingerprint density at radius 1 is 0.396 bits per heavy atom. The van der Waals surface area contributed by atoms with Gasteiger partial charge in [-0.2, -0.15) is 0 Å². The summed E-state index contributed by atoms with van der Waals surface area (Å²) in [5.74, 6) is 1.69. The Morgan fingerprint density at radius 2 is 0.729 bits per heavy atom. The lowest BCUT2D eigenvalue weighted by molar-refractivity contribution is 0.0532. The molecule has 4 atom stereocenters. The minimum atomic E-state index is -1.14. The topological polar surface area (TPSA) is 199 Å². The number of rotatable bonds is 19. The van der Waals surface area contributed by atoms with E-state index in [0.29, 0.717) is 34.1 Å². The van der Waals surface area contributed by atoms with E-state index in [0.717, 1.165) is 22.3 Å². The summed E-state index contributed by atoms with van der Waals surface area (Å²) in [6.07, 6.45) is -4.31. The predicted octanol–water partition coefficient (Wildman–Crippen LogP) is 1.62.